The molecule has 0 bridgehead atoms. The summed E-state index contributed by atoms with van der Waals surface area (Å²) in [6.07, 6.45) is 3.39. The summed E-state index contributed by atoms with van der Waals surface area (Å²) in [5.74, 6) is 0.897. The first kappa shape index (κ1) is 17.5. The van der Waals surface area contributed by atoms with Gasteiger partial charge in [0.15, 0.2) is 0 Å². The highest BCUT2D eigenvalue weighted by Crippen LogP contribution is 2.30. The molecular formula is C19H24N6O2. The topological polar surface area (TPSA) is 87.4 Å². The number of nitrogens with one attached hydrogen (secondary N) is 1. The Kier molecular flexibility index (Phi) is 4.55. The van der Waals surface area contributed by atoms with Gasteiger partial charge in [-0.15, -0.1) is 0 Å². The number of nitro groups is 1. The van der Waals surface area contributed by atoms with Crippen LogP contribution >= 0.6 is 0 Å². The van der Waals surface area contributed by atoms with Gasteiger partial charge in [-0.3, -0.25) is 10.1 Å². The molecule has 1 aromatic heterocycles. The van der Waals surface area contributed by atoms with Gasteiger partial charge in [-0.25, -0.2) is 4.98 Å². The zero-order chi connectivity index (χ0) is 19.0. The average molecular weight is 368 g/mol. The lowest BCUT2D eigenvalue weighted by atomic mass is 10.1. The zero-order valence-corrected chi connectivity index (χ0v) is 15.7. The van der Waals surface area contributed by atoms with Gasteiger partial charge in [0, 0.05) is 37.9 Å². The van der Waals surface area contributed by atoms with Crippen LogP contribution in [0, 0.1) is 24.0 Å². The van der Waals surface area contributed by atoms with Crippen LogP contribution in [0.1, 0.15) is 24.0 Å². The molecule has 0 unspecified atom stereocenters. The van der Waals surface area contributed by atoms with E-state index in [1.54, 1.807) is 0 Å². The van der Waals surface area contributed by atoms with E-state index in [-0.39, 0.29) is 5.69 Å². The maximum Gasteiger partial charge on any atom is 0.329 e. The molecule has 27 heavy (non-hydrogen) atoms. The number of rotatable bonds is 5. The minimum atomic E-state index is -0.424. The first-order valence-corrected chi connectivity index (χ1v) is 9.37. The van der Waals surface area contributed by atoms with Gasteiger partial charge in [0.2, 0.25) is 11.8 Å². The highest BCUT2D eigenvalue weighted by molar-refractivity contribution is 5.60. The lowest BCUT2D eigenvalue weighted by molar-refractivity contribution is -0.384. The molecule has 8 nitrogen and oxygen atoms in total. The Morgan fingerprint density at radius 1 is 1.15 bits per heavy atom. The molecule has 2 aromatic rings. The molecule has 142 valence electrons. The molecular weight excluding hydrogens is 344 g/mol. The summed E-state index contributed by atoms with van der Waals surface area (Å²) in [7, 11) is 0. The Labute approximate surface area is 158 Å². The fourth-order valence-corrected chi connectivity index (χ4v) is 3.40. The molecule has 4 rings (SSSR count). The minimum absolute atomic E-state index is 0.0559. The molecule has 2 aliphatic rings. The van der Waals surface area contributed by atoms with Crippen LogP contribution in [0.25, 0.3) is 0 Å². The summed E-state index contributed by atoms with van der Waals surface area (Å²) < 4.78 is 0. The van der Waals surface area contributed by atoms with Gasteiger partial charge < -0.3 is 15.1 Å². The Balaban J connectivity index is 1.49. The van der Waals surface area contributed by atoms with Gasteiger partial charge in [0.1, 0.15) is 6.20 Å². The van der Waals surface area contributed by atoms with Crippen molar-refractivity contribution in [1.82, 2.24) is 9.97 Å². The largest absolute Gasteiger partial charge is 0.368 e. The highest BCUT2D eigenvalue weighted by atomic mass is 16.6. The maximum atomic E-state index is 11.2. The fourth-order valence-electron chi connectivity index (χ4n) is 3.40. The van der Waals surface area contributed by atoms with Crippen molar-refractivity contribution >= 4 is 23.1 Å². The summed E-state index contributed by atoms with van der Waals surface area (Å²) >= 11 is 0. The summed E-state index contributed by atoms with van der Waals surface area (Å²) in [4.78, 5) is 24.0. The van der Waals surface area contributed by atoms with Crippen LogP contribution in [0.5, 0.6) is 0 Å². The third-order valence-electron chi connectivity index (χ3n) is 5.35. The van der Waals surface area contributed by atoms with E-state index in [0.717, 1.165) is 39.0 Å². The Morgan fingerprint density at radius 3 is 2.52 bits per heavy atom. The molecule has 1 aliphatic carbocycles. The van der Waals surface area contributed by atoms with Gasteiger partial charge in [-0.05, 0) is 43.9 Å². The number of benzene rings is 1. The monoisotopic (exact) mass is 368 g/mol. The number of piperazine rings is 1. The van der Waals surface area contributed by atoms with Crippen LogP contribution in [0.2, 0.25) is 0 Å². The smallest absolute Gasteiger partial charge is 0.329 e. The van der Waals surface area contributed by atoms with Gasteiger partial charge in [0.25, 0.3) is 0 Å². The molecule has 0 atom stereocenters. The lowest BCUT2D eigenvalue weighted by Gasteiger charge is -2.37. The van der Waals surface area contributed by atoms with Crippen molar-refractivity contribution in [3.8, 4) is 0 Å². The number of aromatic nitrogens is 2. The summed E-state index contributed by atoms with van der Waals surface area (Å²) in [6, 6.07) is 6.69. The molecule has 1 N–H and O–H groups in total. The number of anilines is 3. The van der Waals surface area contributed by atoms with Crippen LogP contribution in [-0.2, 0) is 0 Å². The first-order chi connectivity index (χ1) is 13.0. The number of hydrogen-bond donors (Lipinski definition) is 1. The third-order valence-corrected chi connectivity index (χ3v) is 5.35. The van der Waals surface area contributed by atoms with Gasteiger partial charge in [-0.1, -0.05) is 12.1 Å². The SMILES string of the molecule is Cc1cccc(N2CCN(c3ncc([N+](=O)[O-])c(NC4CC4)n3)CC2)c1C. The van der Waals surface area contributed by atoms with E-state index < -0.39 is 4.92 Å². The van der Waals surface area contributed by atoms with E-state index in [1.165, 1.54) is 23.0 Å². The lowest BCUT2D eigenvalue weighted by Crippen LogP contribution is -2.47. The van der Waals surface area contributed by atoms with Crippen molar-refractivity contribution < 1.29 is 4.92 Å². The van der Waals surface area contributed by atoms with Crippen molar-refractivity contribution in [3.05, 3.63) is 45.6 Å². The van der Waals surface area contributed by atoms with E-state index in [0.29, 0.717) is 17.8 Å². The second kappa shape index (κ2) is 7.02. The van der Waals surface area contributed by atoms with Crippen molar-refractivity contribution in [1.29, 1.82) is 0 Å². The second-order valence-corrected chi connectivity index (χ2v) is 7.27. The quantitative estimate of drug-likeness (QED) is 0.641. The predicted molar refractivity (Wildman–Crippen MR) is 106 cm³/mol. The Hall–Kier alpha value is -2.90. The maximum absolute atomic E-state index is 11.2. The molecule has 1 aliphatic heterocycles. The normalized spacial score (nSPS) is 17.1. The van der Waals surface area contributed by atoms with E-state index in [2.05, 4.69) is 57.1 Å². The van der Waals surface area contributed by atoms with Crippen LogP contribution in [-0.4, -0.2) is 47.1 Å². The minimum Gasteiger partial charge on any atom is -0.368 e. The zero-order valence-electron chi connectivity index (χ0n) is 15.7. The van der Waals surface area contributed by atoms with Crippen molar-refractivity contribution in [2.45, 2.75) is 32.7 Å². The molecule has 1 saturated heterocycles. The molecule has 0 amide bonds. The summed E-state index contributed by atoms with van der Waals surface area (Å²) in [5.41, 5.74) is 3.83. The highest BCUT2D eigenvalue weighted by Gasteiger charge is 2.28. The molecule has 1 aromatic carbocycles. The molecule has 0 spiro atoms. The van der Waals surface area contributed by atoms with Crippen molar-refractivity contribution in [2.75, 3.05) is 41.3 Å². The van der Waals surface area contributed by atoms with Gasteiger partial charge in [-0.2, -0.15) is 4.98 Å². The Bertz CT molecular complexity index is 859. The first-order valence-electron chi connectivity index (χ1n) is 9.37. The third kappa shape index (κ3) is 3.65. The molecule has 2 heterocycles. The molecule has 1 saturated carbocycles. The van der Waals surface area contributed by atoms with Gasteiger partial charge in [0.05, 0.1) is 4.92 Å². The molecule has 8 heteroatoms. The fraction of sp³-hybridized carbons (Fsp3) is 0.474. The predicted octanol–water partition coefficient (Wildman–Crippen LogP) is 2.90. The van der Waals surface area contributed by atoms with E-state index in [9.17, 15) is 10.1 Å². The van der Waals surface area contributed by atoms with Crippen LogP contribution in [0.3, 0.4) is 0 Å². The van der Waals surface area contributed by atoms with E-state index in [4.69, 9.17) is 0 Å². The summed E-state index contributed by atoms with van der Waals surface area (Å²) in [5, 5.41) is 14.4. The second-order valence-electron chi connectivity index (χ2n) is 7.27. The Morgan fingerprint density at radius 2 is 1.85 bits per heavy atom. The van der Waals surface area contributed by atoms with Gasteiger partial charge >= 0.3 is 5.69 Å². The number of nitrogens with zero attached hydrogens (tertiary/aromatic N) is 5. The van der Waals surface area contributed by atoms with Crippen molar-refractivity contribution in [3.63, 3.8) is 0 Å². The van der Waals surface area contributed by atoms with Crippen LogP contribution < -0.4 is 15.1 Å². The number of aryl methyl sites for hydroxylation is 1. The standard InChI is InChI=1S/C19H24N6O2/c1-13-4-3-5-16(14(13)2)23-8-10-24(11-9-23)19-20-12-17(25(26)27)18(22-19)21-15-6-7-15/h3-5,12,15H,6-11H2,1-2H3,(H,20,21,22). The van der Waals surface area contributed by atoms with E-state index in [1.807, 2.05) is 0 Å². The van der Waals surface area contributed by atoms with Crippen LogP contribution in [0.4, 0.5) is 23.1 Å². The molecule has 2 fully saturated rings. The molecule has 0 radical (unpaired) electrons. The van der Waals surface area contributed by atoms with Crippen molar-refractivity contribution in [2.24, 2.45) is 0 Å². The summed E-state index contributed by atoms with van der Waals surface area (Å²) in [6.45, 7) is 7.61. The van der Waals surface area contributed by atoms with E-state index >= 15 is 0 Å². The van der Waals surface area contributed by atoms with Crippen LogP contribution in [0.15, 0.2) is 24.4 Å². The number of hydrogen-bond acceptors (Lipinski definition) is 7. The average Bonchev–Trinajstić information content (AvgIpc) is 3.48.